The zero-order valence-electron chi connectivity index (χ0n) is 14.9. The molecule has 0 aliphatic rings. The van der Waals surface area contributed by atoms with Crippen LogP contribution in [0.25, 0.3) is 11.5 Å². The van der Waals surface area contributed by atoms with E-state index >= 15 is 0 Å². The molecule has 0 amide bonds. The first-order valence-corrected chi connectivity index (χ1v) is 9.64. The molecule has 3 aromatic rings. The molecule has 6 nitrogen and oxygen atoms in total. The lowest BCUT2D eigenvalue weighted by Crippen LogP contribution is -2.10. The van der Waals surface area contributed by atoms with E-state index in [-0.39, 0.29) is 5.89 Å². The number of halogens is 1. The molecule has 1 heterocycles. The Hall–Kier alpha value is -2.51. The number of nitrogens with zero attached hydrogens (tertiary/aromatic N) is 2. The van der Waals surface area contributed by atoms with Crippen molar-refractivity contribution in [3.05, 3.63) is 58.9 Å². The molecule has 0 bridgehead atoms. The number of carbonyl (C=O) groups is 1. The molecule has 8 heteroatoms. The third-order valence-electron chi connectivity index (χ3n) is 3.80. The van der Waals surface area contributed by atoms with E-state index in [1.54, 1.807) is 50.4 Å². The summed E-state index contributed by atoms with van der Waals surface area (Å²) in [6.07, 6.45) is 1.20. The summed E-state index contributed by atoms with van der Waals surface area (Å²) >= 11 is 7.63. The standard InChI is InChI=1S/C19H17ClN2O4S/c1-11(25-19(23)15-10-14(27-3)8-9-16(15)20)17-21-22-18(26-17)12-4-6-13(24-2)7-5-12/h4-11H,1-3H3/t11-/m1/s1. The molecule has 1 aromatic heterocycles. The highest BCUT2D eigenvalue weighted by Gasteiger charge is 2.21. The van der Waals surface area contributed by atoms with E-state index in [0.29, 0.717) is 16.5 Å². The van der Waals surface area contributed by atoms with Gasteiger partial charge in [0, 0.05) is 10.5 Å². The minimum absolute atomic E-state index is 0.200. The maximum absolute atomic E-state index is 12.4. The number of ether oxygens (including phenoxy) is 2. The van der Waals surface area contributed by atoms with E-state index in [2.05, 4.69) is 10.2 Å². The van der Waals surface area contributed by atoms with Crippen LogP contribution in [0, 0.1) is 0 Å². The monoisotopic (exact) mass is 404 g/mol. The lowest BCUT2D eigenvalue weighted by molar-refractivity contribution is 0.0280. The molecule has 27 heavy (non-hydrogen) atoms. The number of hydrogen-bond acceptors (Lipinski definition) is 7. The van der Waals surface area contributed by atoms with Gasteiger partial charge in [0.25, 0.3) is 5.89 Å². The normalized spacial score (nSPS) is 11.9. The molecule has 2 aromatic carbocycles. The van der Waals surface area contributed by atoms with Crippen LogP contribution in [0.15, 0.2) is 51.8 Å². The molecular weight excluding hydrogens is 388 g/mol. The number of esters is 1. The maximum atomic E-state index is 12.4. The van der Waals surface area contributed by atoms with Crippen LogP contribution in [0.2, 0.25) is 5.02 Å². The van der Waals surface area contributed by atoms with Crippen molar-refractivity contribution >= 4 is 29.3 Å². The highest BCUT2D eigenvalue weighted by molar-refractivity contribution is 7.98. The van der Waals surface area contributed by atoms with Crippen LogP contribution >= 0.6 is 23.4 Å². The van der Waals surface area contributed by atoms with Gasteiger partial charge in [0.15, 0.2) is 6.10 Å². The van der Waals surface area contributed by atoms with Crippen LogP contribution in [-0.4, -0.2) is 29.5 Å². The topological polar surface area (TPSA) is 74.5 Å². The van der Waals surface area contributed by atoms with Crippen LogP contribution < -0.4 is 4.74 Å². The van der Waals surface area contributed by atoms with Gasteiger partial charge in [0.05, 0.1) is 17.7 Å². The van der Waals surface area contributed by atoms with Gasteiger partial charge in [0.2, 0.25) is 5.89 Å². The Morgan fingerprint density at radius 3 is 2.59 bits per heavy atom. The zero-order valence-corrected chi connectivity index (χ0v) is 16.5. The summed E-state index contributed by atoms with van der Waals surface area (Å²) in [6.45, 7) is 1.66. The molecule has 3 rings (SSSR count). The van der Waals surface area contributed by atoms with Gasteiger partial charge < -0.3 is 13.9 Å². The molecule has 0 unspecified atom stereocenters. The molecule has 0 N–H and O–H groups in total. The number of aromatic nitrogens is 2. The smallest absolute Gasteiger partial charge is 0.340 e. The molecule has 0 fully saturated rings. The second-order valence-corrected chi connectivity index (χ2v) is 6.85. The number of thioether (sulfide) groups is 1. The Kier molecular flexibility index (Phi) is 6.03. The van der Waals surface area contributed by atoms with Crippen molar-refractivity contribution in [1.29, 1.82) is 0 Å². The summed E-state index contributed by atoms with van der Waals surface area (Å²) in [5.74, 6) is 0.710. The molecule has 140 valence electrons. The van der Waals surface area contributed by atoms with Crippen molar-refractivity contribution in [2.75, 3.05) is 13.4 Å². The quantitative estimate of drug-likeness (QED) is 0.421. The Labute approximate surface area is 165 Å². The van der Waals surface area contributed by atoms with Crippen molar-refractivity contribution in [1.82, 2.24) is 10.2 Å². The van der Waals surface area contributed by atoms with Crippen LogP contribution in [-0.2, 0) is 4.74 Å². The number of carbonyl (C=O) groups excluding carboxylic acids is 1. The lowest BCUT2D eigenvalue weighted by Gasteiger charge is -2.11. The van der Waals surface area contributed by atoms with Gasteiger partial charge in [-0.1, -0.05) is 11.6 Å². The van der Waals surface area contributed by atoms with E-state index < -0.39 is 12.1 Å². The average Bonchev–Trinajstić information content (AvgIpc) is 3.18. The van der Waals surface area contributed by atoms with Gasteiger partial charge in [0.1, 0.15) is 5.75 Å². The van der Waals surface area contributed by atoms with Crippen molar-refractivity contribution in [3.63, 3.8) is 0 Å². The highest BCUT2D eigenvalue weighted by Crippen LogP contribution is 2.27. The van der Waals surface area contributed by atoms with Crippen molar-refractivity contribution in [2.45, 2.75) is 17.9 Å². The van der Waals surface area contributed by atoms with Crippen LogP contribution in [0.5, 0.6) is 5.75 Å². The van der Waals surface area contributed by atoms with Crippen molar-refractivity contribution < 1.29 is 18.7 Å². The van der Waals surface area contributed by atoms with Crippen molar-refractivity contribution in [2.24, 2.45) is 0 Å². The first-order valence-electron chi connectivity index (χ1n) is 8.04. The van der Waals surface area contributed by atoms with Gasteiger partial charge in [-0.2, -0.15) is 0 Å². The molecular formula is C19H17ClN2O4S. The molecule has 0 saturated heterocycles. The summed E-state index contributed by atoms with van der Waals surface area (Å²) in [5.41, 5.74) is 1.04. The van der Waals surface area contributed by atoms with E-state index in [9.17, 15) is 4.79 Å². The predicted molar refractivity (Wildman–Crippen MR) is 103 cm³/mol. The molecule has 1 atom stereocenters. The summed E-state index contributed by atoms with van der Waals surface area (Å²) < 4.78 is 16.2. The summed E-state index contributed by atoms with van der Waals surface area (Å²) in [7, 11) is 1.59. The first kappa shape index (κ1) is 19.3. The van der Waals surface area contributed by atoms with Gasteiger partial charge in [-0.15, -0.1) is 22.0 Å². The lowest BCUT2D eigenvalue weighted by atomic mass is 10.2. The minimum Gasteiger partial charge on any atom is -0.497 e. The van der Waals surface area contributed by atoms with Crippen LogP contribution in [0.1, 0.15) is 29.3 Å². The summed E-state index contributed by atoms with van der Waals surface area (Å²) in [5, 5.41) is 8.31. The molecule has 0 aliphatic heterocycles. The fraction of sp³-hybridized carbons (Fsp3) is 0.211. The average molecular weight is 405 g/mol. The first-order chi connectivity index (χ1) is 13.0. The Bertz CT molecular complexity index is 943. The fourth-order valence-corrected chi connectivity index (χ4v) is 2.95. The third-order valence-corrected chi connectivity index (χ3v) is 4.86. The highest BCUT2D eigenvalue weighted by atomic mass is 35.5. The largest absolute Gasteiger partial charge is 0.497 e. The summed E-state index contributed by atoms with van der Waals surface area (Å²) in [4.78, 5) is 13.4. The van der Waals surface area contributed by atoms with Crippen LogP contribution in [0.4, 0.5) is 0 Å². The van der Waals surface area contributed by atoms with Crippen LogP contribution in [0.3, 0.4) is 0 Å². The fourth-order valence-electron chi connectivity index (χ4n) is 2.31. The van der Waals surface area contributed by atoms with E-state index in [4.69, 9.17) is 25.5 Å². The van der Waals surface area contributed by atoms with Gasteiger partial charge in [-0.05, 0) is 55.6 Å². The van der Waals surface area contributed by atoms with Gasteiger partial charge in [-0.25, -0.2) is 4.79 Å². The number of benzene rings is 2. The van der Waals surface area contributed by atoms with Gasteiger partial charge in [-0.3, -0.25) is 0 Å². The Morgan fingerprint density at radius 1 is 1.19 bits per heavy atom. The van der Waals surface area contributed by atoms with Crippen molar-refractivity contribution in [3.8, 4) is 17.2 Å². The maximum Gasteiger partial charge on any atom is 0.340 e. The van der Waals surface area contributed by atoms with Gasteiger partial charge >= 0.3 is 5.97 Å². The Balaban J connectivity index is 1.74. The predicted octanol–water partition coefficient (Wildman–Crippen LogP) is 5.04. The number of methoxy groups -OCH3 is 1. The molecule has 0 spiro atoms. The SMILES string of the molecule is COc1ccc(-c2nnc([C@@H](C)OC(=O)c3cc(SC)ccc3Cl)o2)cc1. The molecule has 0 saturated carbocycles. The minimum atomic E-state index is -0.717. The van der Waals surface area contributed by atoms with E-state index in [1.807, 2.05) is 12.3 Å². The molecule has 0 radical (unpaired) electrons. The van der Waals surface area contributed by atoms with E-state index in [1.165, 1.54) is 11.8 Å². The molecule has 0 aliphatic carbocycles. The number of rotatable bonds is 6. The van der Waals surface area contributed by atoms with E-state index in [0.717, 1.165) is 16.2 Å². The third kappa shape index (κ3) is 4.43. The zero-order chi connectivity index (χ0) is 19.4. The second-order valence-electron chi connectivity index (χ2n) is 5.57. The number of hydrogen-bond donors (Lipinski definition) is 0. The second kappa shape index (κ2) is 8.45. The summed E-state index contributed by atoms with van der Waals surface area (Å²) in [6, 6.07) is 12.4. The Morgan fingerprint density at radius 2 is 1.93 bits per heavy atom.